The average molecular weight is 378 g/mol. The Labute approximate surface area is 162 Å². The summed E-state index contributed by atoms with van der Waals surface area (Å²) in [6, 6.07) is 9.14. The van der Waals surface area contributed by atoms with Gasteiger partial charge in [-0.05, 0) is 43.7 Å². The molecule has 4 heterocycles. The maximum absolute atomic E-state index is 12.9. The number of fused-ring (bicyclic) bond motifs is 1. The Hall–Kier alpha value is -3.29. The van der Waals surface area contributed by atoms with Gasteiger partial charge in [-0.2, -0.15) is 5.10 Å². The van der Waals surface area contributed by atoms with E-state index in [0.717, 1.165) is 17.5 Å². The minimum atomic E-state index is -0.129. The first kappa shape index (κ1) is 18.1. The molecular formula is C20H22N6O2. The standard InChI is InChI=1S/C20H22N6O2/c1-14-13-17(23-24(14)2)20(28)26-10-4-9-25(11-12-26)19(27)16-7-6-15-5-3-8-21-18(15)22-16/h3,5-8,13H,4,9-12H2,1-2H3. The molecule has 0 unspecified atom stereocenters. The number of nitrogens with zero attached hydrogens (tertiary/aromatic N) is 6. The second kappa shape index (κ2) is 7.38. The summed E-state index contributed by atoms with van der Waals surface area (Å²) in [4.78, 5) is 37.8. The van der Waals surface area contributed by atoms with Gasteiger partial charge in [0.1, 0.15) is 5.69 Å². The molecule has 0 aromatic carbocycles. The minimum Gasteiger partial charge on any atom is -0.335 e. The fourth-order valence-corrected chi connectivity index (χ4v) is 3.38. The number of aryl methyl sites for hydroxylation is 2. The molecule has 1 saturated heterocycles. The molecule has 8 heteroatoms. The van der Waals surface area contributed by atoms with Crippen LogP contribution in [0, 0.1) is 6.92 Å². The first-order valence-corrected chi connectivity index (χ1v) is 9.34. The van der Waals surface area contributed by atoms with Crippen molar-refractivity contribution in [3.63, 3.8) is 0 Å². The highest BCUT2D eigenvalue weighted by molar-refractivity contribution is 5.95. The quantitative estimate of drug-likeness (QED) is 0.677. The lowest BCUT2D eigenvalue weighted by atomic mass is 10.2. The van der Waals surface area contributed by atoms with Crippen molar-refractivity contribution in [2.75, 3.05) is 26.2 Å². The molecule has 0 bridgehead atoms. The largest absolute Gasteiger partial charge is 0.335 e. The van der Waals surface area contributed by atoms with E-state index in [4.69, 9.17) is 0 Å². The van der Waals surface area contributed by atoms with Crippen molar-refractivity contribution in [1.82, 2.24) is 29.5 Å². The third kappa shape index (κ3) is 3.45. The minimum absolute atomic E-state index is 0.0916. The SMILES string of the molecule is Cc1cc(C(=O)N2CCCN(C(=O)c3ccc4cccnc4n3)CC2)nn1C. The smallest absolute Gasteiger partial charge is 0.274 e. The van der Waals surface area contributed by atoms with E-state index < -0.39 is 0 Å². The van der Waals surface area contributed by atoms with Gasteiger partial charge in [-0.25, -0.2) is 9.97 Å². The normalized spacial score (nSPS) is 14.9. The molecule has 2 amide bonds. The van der Waals surface area contributed by atoms with Crippen LogP contribution in [0.5, 0.6) is 0 Å². The first-order chi connectivity index (χ1) is 13.5. The maximum Gasteiger partial charge on any atom is 0.274 e. The van der Waals surface area contributed by atoms with Gasteiger partial charge < -0.3 is 9.80 Å². The van der Waals surface area contributed by atoms with Crippen molar-refractivity contribution in [1.29, 1.82) is 0 Å². The first-order valence-electron chi connectivity index (χ1n) is 9.34. The van der Waals surface area contributed by atoms with Crippen molar-refractivity contribution in [3.05, 3.63) is 53.6 Å². The van der Waals surface area contributed by atoms with Gasteiger partial charge in [-0.3, -0.25) is 14.3 Å². The fourth-order valence-electron chi connectivity index (χ4n) is 3.38. The number of carbonyl (C=O) groups is 2. The van der Waals surface area contributed by atoms with Crippen LogP contribution < -0.4 is 0 Å². The van der Waals surface area contributed by atoms with Gasteiger partial charge in [-0.15, -0.1) is 0 Å². The number of amides is 2. The lowest BCUT2D eigenvalue weighted by molar-refractivity contribution is 0.0712. The Morgan fingerprint density at radius 3 is 2.36 bits per heavy atom. The van der Waals surface area contributed by atoms with E-state index in [1.165, 1.54) is 0 Å². The van der Waals surface area contributed by atoms with Crippen LogP contribution in [-0.4, -0.2) is 67.5 Å². The fraction of sp³-hybridized carbons (Fsp3) is 0.350. The molecule has 0 aliphatic carbocycles. The summed E-state index contributed by atoms with van der Waals surface area (Å²) in [7, 11) is 1.82. The Kier molecular flexibility index (Phi) is 4.77. The summed E-state index contributed by atoms with van der Waals surface area (Å²) in [5.41, 5.74) is 2.32. The molecule has 28 heavy (non-hydrogen) atoms. The van der Waals surface area contributed by atoms with Crippen LogP contribution in [-0.2, 0) is 7.05 Å². The van der Waals surface area contributed by atoms with Gasteiger partial charge in [0.15, 0.2) is 11.3 Å². The second-order valence-corrected chi connectivity index (χ2v) is 6.98. The van der Waals surface area contributed by atoms with Crippen molar-refractivity contribution in [3.8, 4) is 0 Å². The number of carbonyl (C=O) groups excluding carboxylic acids is 2. The Bertz CT molecular complexity index is 1020. The molecule has 3 aromatic heterocycles. The zero-order valence-corrected chi connectivity index (χ0v) is 16.0. The summed E-state index contributed by atoms with van der Waals surface area (Å²) in [5, 5.41) is 5.17. The molecule has 0 spiro atoms. The van der Waals surface area contributed by atoms with E-state index in [2.05, 4.69) is 15.1 Å². The highest BCUT2D eigenvalue weighted by Crippen LogP contribution is 2.14. The summed E-state index contributed by atoms with van der Waals surface area (Å²) in [6.45, 7) is 4.05. The second-order valence-electron chi connectivity index (χ2n) is 6.98. The predicted octanol–water partition coefficient (Wildman–Crippen LogP) is 1.66. The summed E-state index contributed by atoms with van der Waals surface area (Å²) in [5.74, 6) is -0.221. The van der Waals surface area contributed by atoms with Gasteiger partial charge in [0, 0.05) is 50.5 Å². The number of rotatable bonds is 2. The van der Waals surface area contributed by atoms with Crippen molar-refractivity contribution in [2.45, 2.75) is 13.3 Å². The molecular weight excluding hydrogens is 356 g/mol. The molecule has 0 saturated carbocycles. The molecule has 8 nitrogen and oxygen atoms in total. The van der Waals surface area contributed by atoms with Crippen LogP contribution in [0.2, 0.25) is 0 Å². The van der Waals surface area contributed by atoms with Crippen molar-refractivity contribution >= 4 is 22.8 Å². The van der Waals surface area contributed by atoms with E-state index in [1.54, 1.807) is 32.8 Å². The van der Waals surface area contributed by atoms with E-state index >= 15 is 0 Å². The Balaban J connectivity index is 1.46. The average Bonchev–Trinajstić information content (AvgIpc) is 2.91. The predicted molar refractivity (Wildman–Crippen MR) is 104 cm³/mol. The molecule has 1 fully saturated rings. The Morgan fingerprint density at radius 1 is 0.964 bits per heavy atom. The lowest BCUT2D eigenvalue weighted by Crippen LogP contribution is -2.37. The molecule has 3 aromatic rings. The lowest BCUT2D eigenvalue weighted by Gasteiger charge is -2.21. The van der Waals surface area contributed by atoms with Crippen LogP contribution in [0.15, 0.2) is 36.5 Å². The topological polar surface area (TPSA) is 84.2 Å². The Morgan fingerprint density at radius 2 is 1.68 bits per heavy atom. The van der Waals surface area contributed by atoms with Crippen LogP contribution in [0.4, 0.5) is 0 Å². The van der Waals surface area contributed by atoms with E-state index in [-0.39, 0.29) is 11.8 Å². The molecule has 1 aliphatic heterocycles. The van der Waals surface area contributed by atoms with Gasteiger partial charge >= 0.3 is 0 Å². The van der Waals surface area contributed by atoms with Crippen LogP contribution in [0.3, 0.4) is 0 Å². The monoisotopic (exact) mass is 378 g/mol. The molecule has 144 valence electrons. The number of aromatic nitrogens is 4. The summed E-state index contributed by atoms with van der Waals surface area (Å²) >= 11 is 0. The third-order valence-electron chi connectivity index (χ3n) is 5.09. The highest BCUT2D eigenvalue weighted by atomic mass is 16.2. The van der Waals surface area contributed by atoms with Gasteiger partial charge in [0.2, 0.25) is 0 Å². The third-order valence-corrected chi connectivity index (χ3v) is 5.09. The summed E-state index contributed by atoms with van der Waals surface area (Å²) in [6.07, 6.45) is 2.38. The van der Waals surface area contributed by atoms with Crippen LogP contribution in [0.1, 0.15) is 33.1 Å². The van der Waals surface area contributed by atoms with Gasteiger partial charge in [-0.1, -0.05) is 0 Å². The van der Waals surface area contributed by atoms with Gasteiger partial charge in [0.25, 0.3) is 11.8 Å². The number of hydrogen-bond acceptors (Lipinski definition) is 5. The molecule has 0 N–H and O–H groups in total. The van der Waals surface area contributed by atoms with Crippen molar-refractivity contribution in [2.24, 2.45) is 7.05 Å². The number of hydrogen-bond donors (Lipinski definition) is 0. The molecule has 0 atom stereocenters. The van der Waals surface area contributed by atoms with Crippen molar-refractivity contribution < 1.29 is 9.59 Å². The van der Waals surface area contributed by atoms with Crippen LogP contribution >= 0.6 is 0 Å². The van der Waals surface area contributed by atoms with E-state index in [9.17, 15) is 9.59 Å². The van der Waals surface area contributed by atoms with E-state index in [1.807, 2.05) is 32.2 Å². The van der Waals surface area contributed by atoms with Gasteiger partial charge in [0.05, 0.1) is 0 Å². The van der Waals surface area contributed by atoms with E-state index in [0.29, 0.717) is 43.2 Å². The number of pyridine rings is 2. The maximum atomic E-state index is 12.9. The zero-order chi connectivity index (χ0) is 19.7. The molecule has 1 aliphatic rings. The molecule has 4 rings (SSSR count). The highest BCUT2D eigenvalue weighted by Gasteiger charge is 2.25. The van der Waals surface area contributed by atoms with Crippen LogP contribution in [0.25, 0.3) is 11.0 Å². The molecule has 0 radical (unpaired) electrons. The summed E-state index contributed by atoms with van der Waals surface area (Å²) < 4.78 is 1.69. The zero-order valence-electron chi connectivity index (χ0n) is 16.0.